The van der Waals surface area contributed by atoms with Gasteiger partial charge in [0.15, 0.2) is 6.10 Å². The number of halogens is 1. The molecule has 7 heteroatoms. The summed E-state index contributed by atoms with van der Waals surface area (Å²) in [5, 5.41) is 3.87. The first-order valence-corrected chi connectivity index (χ1v) is 10.5. The van der Waals surface area contributed by atoms with E-state index in [0.29, 0.717) is 21.3 Å². The Bertz CT molecular complexity index is 1080. The Morgan fingerprint density at radius 3 is 2.43 bits per heavy atom. The highest BCUT2D eigenvalue weighted by Gasteiger charge is 2.26. The van der Waals surface area contributed by atoms with Crippen LogP contribution in [-0.2, 0) is 9.53 Å². The number of hydrogen-bond acceptors (Lipinski definition) is 5. The fraction of sp³-hybridized carbons (Fsp3) is 0.217. The molecule has 3 aromatic rings. The summed E-state index contributed by atoms with van der Waals surface area (Å²) in [6.07, 6.45) is -0.780. The summed E-state index contributed by atoms with van der Waals surface area (Å²) < 4.78 is 10.8. The van der Waals surface area contributed by atoms with Crippen LogP contribution in [0.5, 0.6) is 5.75 Å². The first kappa shape index (κ1) is 21.9. The van der Waals surface area contributed by atoms with Gasteiger partial charge < -0.3 is 14.8 Å². The highest BCUT2D eigenvalue weighted by Crippen LogP contribution is 2.40. The average Bonchev–Trinajstić information content (AvgIpc) is 3.05. The Labute approximate surface area is 184 Å². The molecule has 0 radical (unpaired) electrons. The molecule has 5 nitrogen and oxygen atoms in total. The van der Waals surface area contributed by atoms with E-state index < -0.39 is 12.1 Å². The molecule has 1 aromatic heterocycles. The zero-order valence-electron chi connectivity index (χ0n) is 17.1. The molecule has 3 rings (SSSR count). The number of thiophene rings is 1. The van der Waals surface area contributed by atoms with E-state index >= 15 is 0 Å². The summed E-state index contributed by atoms with van der Waals surface area (Å²) in [5.41, 5.74) is 2.81. The summed E-state index contributed by atoms with van der Waals surface area (Å²) in [6.45, 7) is 5.42. The van der Waals surface area contributed by atoms with Gasteiger partial charge in [-0.15, -0.1) is 11.3 Å². The second kappa shape index (κ2) is 9.32. The number of carbonyl (C=O) groups is 2. The zero-order valence-corrected chi connectivity index (χ0v) is 18.7. The van der Waals surface area contributed by atoms with Crippen molar-refractivity contribution in [2.24, 2.45) is 0 Å². The predicted octanol–water partition coefficient (Wildman–Crippen LogP) is 5.88. The Morgan fingerprint density at radius 1 is 1.10 bits per heavy atom. The van der Waals surface area contributed by atoms with Gasteiger partial charge in [0.1, 0.15) is 16.3 Å². The summed E-state index contributed by atoms with van der Waals surface area (Å²) in [5.74, 6) is -0.298. The molecule has 0 aliphatic heterocycles. The third kappa shape index (κ3) is 4.66. The highest BCUT2D eigenvalue weighted by molar-refractivity contribution is 7.17. The molecule has 2 aromatic carbocycles. The van der Waals surface area contributed by atoms with Crippen molar-refractivity contribution in [3.05, 3.63) is 69.6 Å². The Morgan fingerprint density at radius 2 is 1.80 bits per heavy atom. The average molecular weight is 444 g/mol. The number of esters is 1. The number of benzene rings is 2. The van der Waals surface area contributed by atoms with Crippen LogP contribution in [0.25, 0.3) is 11.1 Å². The van der Waals surface area contributed by atoms with E-state index in [1.54, 1.807) is 25.1 Å². The molecule has 0 aliphatic carbocycles. The van der Waals surface area contributed by atoms with Gasteiger partial charge in [0.25, 0.3) is 5.91 Å². The number of nitrogens with one attached hydrogen (secondary N) is 1. The largest absolute Gasteiger partial charge is 0.481 e. The minimum absolute atomic E-state index is 0.342. The number of hydrogen-bond donors (Lipinski definition) is 1. The fourth-order valence-electron chi connectivity index (χ4n) is 3.08. The van der Waals surface area contributed by atoms with Gasteiger partial charge in [-0.3, -0.25) is 4.79 Å². The second-order valence-corrected chi connectivity index (χ2v) is 8.42. The number of carbonyl (C=O) groups excluding carboxylic acids is 2. The van der Waals surface area contributed by atoms with E-state index in [9.17, 15) is 9.59 Å². The SMILES string of the molecule is COC(=O)c1c(NC(=O)C(C)Oc2ccc(Cl)cc2C)sc(C)c1-c1ccccc1. The monoisotopic (exact) mass is 443 g/mol. The van der Waals surface area contributed by atoms with E-state index in [2.05, 4.69) is 5.32 Å². The molecule has 156 valence electrons. The van der Waals surface area contributed by atoms with Gasteiger partial charge in [-0.2, -0.15) is 0 Å². The fourth-order valence-corrected chi connectivity index (χ4v) is 4.38. The van der Waals surface area contributed by atoms with Crippen molar-refractivity contribution in [1.29, 1.82) is 0 Å². The van der Waals surface area contributed by atoms with Crippen molar-refractivity contribution in [3.8, 4) is 16.9 Å². The summed E-state index contributed by atoms with van der Waals surface area (Å²) >= 11 is 7.31. The van der Waals surface area contributed by atoms with Crippen LogP contribution in [0.15, 0.2) is 48.5 Å². The molecule has 0 saturated carbocycles. The van der Waals surface area contributed by atoms with Crippen LogP contribution in [-0.4, -0.2) is 25.1 Å². The van der Waals surface area contributed by atoms with E-state index in [1.165, 1.54) is 18.4 Å². The molecule has 0 aliphatic rings. The Balaban J connectivity index is 1.88. The summed E-state index contributed by atoms with van der Waals surface area (Å²) in [4.78, 5) is 26.3. The van der Waals surface area contributed by atoms with Crippen LogP contribution in [0.4, 0.5) is 5.00 Å². The minimum atomic E-state index is -0.780. The number of anilines is 1. The van der Waals surface area contributed by atoms with Gasteiger partial charge in [-0.05, 0) is 50.1 Å². The molecule has 0 spiro atoms. The third-order valence-corrected chi connectivity index (χ3v) is 5.84. The number of methoxy groups -OCH3 is 1. The van der Waals surface area contributed by atoms with Crippen LogP contribution < -0.4 is 10.1 Å². The minimum Gasteiger partial charge on any atom is -0.481 e. The lowest BCUT2D eigenvalue weighted by molar-refractivity contribution is -0.122. The van der Waals surface area contributed by atoms with Gasteiger partial charge in [0.05, 0.1) is 7.11 Å². The normalized spacial score (nSPS) is 11.6. The molecule has 0 fully saturated rings. The molecular weight excluding hydrogens is 422 g/mol. The quantitative estimate of drug-likeness (QED) is 0.483. The smallest absolute Gasteiger partial charge is 0.341 e. The van der Waals surface area contributed by atoms with E-state index in [0.717, 1.165) is 21.6 Å². The number of amides is 1. The van der Waals surface area contributed by atoms with Crippen LogP contribution >= 0.6 is 22.9 Å². The van der Waals surface area contributed by atoms with Crippen LogP contribution in [0.3, 0.4) is 0 Å². The van der Waals surface area contributed by atoms with E-state index in [-0.39, 0.29) is 5.91 Å². The standard InChI is InChI=1S/C23H22ClNO4S/c1-13-12-17(24)10-11-18(13)29-14(2)21(26)25-22-20(23(27)28-4)19(15(3)30-22)16-8-6-5-7-9-16/h5-12,14H,1-4H3,(H,25,26). The van der Waals surface area contributed by atoms with Crippen molar-refractivity contribution < 1.29 is 19.1 Å². The molecular formula is C23H22ClNO4S. The van der Waals surface area contributed by atoms with Crippen LogP contribution in [0.1, 0.15) is 27.7 Å². The Hall–Kier alpha value is -2.83. The number of aryl methyl sites for hydroxylation is 2. The van der Waals surface area contributed by atoms with E-state index in [1.807, 2.05) is 44.2 Å². The van der Waals surface area contributed by atoms with Gasteiger partial charge in [0, 0.05) is 15.5 Å². The molecule has 1 N–H and O–H groups in total. The van der Waals surface area contributed by atoms with Crippen molar-refractivity contribution in [1.82, 2.24) is 0 Å². The predicted molar refractivity (Wildman–Crippen MR) is 121 cm³/mol. The lowest BCUT2D eigenvalue weighted by Crippen LogP contribution is -2.30. The number of rotatable bonds is 6. The first-order valence-electron chi connectivity index (χ1n) is 9.32. The van der Waals surface area contributed by atoms with Crippen LogP contribution in [0, 0.1) is 13.8 Å². The lowest BCUT2D eigenvalue weighted by Gasteiger charge is -2.16. The van der Waals surface area contributed by atoms with Crippen molar-refractivity contribution in [2.75, 3.05) is 12.4 Å². The van der Waals surface area contributed by atoms with Crippen molar-refractivity contribution in [2.45, 2.75) is 26.9 Å². The molecule has 30 heavy (non-hydrogen) atoms. The first-order chi connectivity index (χ1) is 14.3. The third-order valence-electron chi connectivity index (χ3n) is 4.58. The topological polar surface area (TPSA) is 64.6 Å². The van der Waals surface area contributed by atoms with Gasteiger partial charge >= 0.3 is 5.97 Å². The van der Waals surface area contributed by atoms with Gasteiger partial charge in [0.2, 0.25) is 0 Å². The molecule has 0 saturated heterocycles. The number of ether oxygens (including phenoxy) is 2. The maximum atomic E-state index is 12.8. The van der Waals surface area contributed by atoms with Crippen molar-refractivity contribution >= 4 is 39.8 Å². The van der Waals surface area contributed by atoms with Crippen LogP contribution in [0.2, 0.25) is 5.02 Å². The molecule has 1 amide bonds. The van der Waals surface area contributed by atoms with E-state index in [4.69, 9.17) is 21.1 Å². The second-order valence-electron chi connectivity index (χ2n) is 6.75. The maximum Gasteiger partial charge on any atom is 0.341 e. The highest BCUT2D eigenvalue weighted by atomic mass is 35.5. The molecule has 1 unspecified atom stereocenters. The van der Waals surface area contributed by atoms with Crippen molar-refractivity contribution in [3.63, 3.8) is 0 Å². The summed E-state index contributed by atoms with van der Waals surface area (Å²) in [7, 11) is 1.32. The molecule has 0 bridgehead atoms. The molecule has 1 atom stereocenters. The van der Waals surface area contributed by atoms with Gasteiger partial charge in [-0.1, -0.05) is 41.9 Å². The van der Waals surface area contributed by atoms with Gasteiger partial charge in [-0.25, -0.2) is 4.79 Å². The maximum absolute atomic E-state index is 12.8. The molecule has 1 heterocycles. The summed E-state index contributed by atoms with van der Waals surface area (Å²) in [6, 6.07) is 14.7. The Kier molecular flexibility index (Phi) is 6.80. The zero-order chi connectivity index (χ0) is 21.8. The lowest BCUT2D eigenvalue weighted by atomic mass is 10.0.